The Morgan fingerprint density at radius 3 is 1.17 bits per heavy atom. The molecule has 0 atom stereocenters. The van der Waals surface area contributed by atoms with Crippen LogP contribution in [0.15, 0.2) is 20.1 Å². The molecule has 0 radical (unpaired) electrons. The molecule has 0 rings (SSSR count). The predicted molar refractivity (Wildman–Crippen MR) is 58.0 cm³/mol. The molecule has 0 saturated carbocycles. The highest BCUT2D eigenvalue weighted by atomic mass is 35.5. The molecule has 0 bridgehead atoms. The van der Waals surface area contributed by atoms with Gasteiger partial charge in [0, 0.05) is 0 Å². The number of rotatable bonds is 3. The molecule has 0 aliphatic carbocycles. The van der Waals surface area contributed by atoms with Crippen LogP contribution in [0.4, 0.5) is 0 Å². The number of halogens is 4. The van der Waals surface area contributed by atoms with Crippen LogP contribution < -0.4 is 0 Å². The van der Waals surface area contributed by atoms with E-state index >= 15 is 0 Å². The van der Waals surface area contributed by atoms with Crippen molar-refractivity contribution in [3.8, 4) is 0 Å². The highest BCUT2D eigenvalue weighted by Gasteiger charge is 1.99. The summed E-state index contributed by atoms with van der Waals surface area (Å²) in [6, 6.07) is 0. The minimum Gasteiger partial charge on any atom is -0.0710 e. The van der Waals surface area contributed by atoms with Crippen molar-refractivity contribution in [3.63, 3.8) is 0 Å². The van der Waals surface area contributed by atoms with Crippen LogP contribution in [0.1, 0.15) is 26.7 Å². The van der Waals surface area contributed by atoms with E-state index in [0.29, 0.717) is 8.98 Å². The number of hydrogen-bond acceptors (Lipinski definition) is 0. The summed E-state index contributed by atoms with van der Waals surface area (Å²) in [6.45, 7) is 3.76. The van der Waals surface area contributed by atoms with Gasteiger partial charge in [0.1, 0.15) is 8.98 Å². The number of allylic oxidation sites excluding steroid dienone is 2. The third kappa shape index (κ3) is 5.31. The lowest BCUT2D eigenvalue weighted by molar-refractivity contribution is 0.925. The first kappa shape index (κ1) is 12.6. The van der Waals surface area contributed by atoms with Gasteiger partial charge >= 0.3 is 0 Å². The van der Waals surface area contributed by atoms with Gasteiger partial charge < -0.3 is 0 Å². The van der Waals surface area contributed by atoms with Crippen molar-refractivity contribution in [1.29, 1.82) is 0 Å². The van der Waals surface area contributed by atoms with Gasteiger partial charge in [0.2, 0.25) is 0 Å². The van der Waals surface area contributed by atoms with Gasteiger partial charge in [0.25, 0.3) is 0 Å². The summed E-state index contributed by atoms with van der Waals surface area (Å²) in [5.74, 6) is 0. The molecule has 0 aromatic heterocycles. The average molecular weight is 248 g/mol. The fraction of sp³-hybridized carbons (Fsp3) is 0.500. The summed E-state index contributed by atoms with van der Waals surface area (Å²) in [6.07, 6.45) is 1.58. The molecular formula is C8H10Cl4. The van der Waals surface area contributed by atoms with E-state index in [4.69, 9.17) is 46.4 Å². The van der Waals surface area contributed by atoms with Crippen LogP contribution in [-0.4, -0.2) is 0 Å². The SMILES string of the molecule is CC(CCC(C)=C(Cl)Cl)=C(Cl)Cl. The standard InChI is InChI=1S/C8H10Cl4/c1-5(7(9)10)3-4-6(2)8(11)12/h3-4H2,1-2H3. The first-order valence-corrected chi connectivity index (χ1v) is 4.97. The Labute approximate surface area is 93.1 Å². The maximum atomic E-state index is 5.55. The highest BCUT2D eigenvalue weighted by molar-refractivity contribution is 6.56. The van der Waals surface area contributed by atoms with Crippen molar-refractivity contribution in [2.75, 3.05) is 0 Å². The van der Waals surface area contributed by atoms with Crippen molar-refractivity contribution in [1.82, 2.24) is 0 Å². The molecule has 0 spiro atoms. The summed E-state index contributed by atoms with van der Waals surface area (Å²) in [7, 11) is 0. The molecule has 0 fully saturated rings. The van der Waals surface area contributed by atoms with E-state index in [1.807, 2.05) is 13.8 Å². The number of hydrogen-bond donors (Lipinski definition) is 0. The van der Waals surface area contributed by atoms with Crippen LogP contribution in [0.25, 0.3) is 0 Å². The zero-order valence-electron chi connectivity index (χ0n) is 6.93. The van der Waals surface area contributed by atoms with Crippen LogP contribution in [0.3, 0.4) is 0 Å². The summed E-state index contributed by atoms with van der Waals surface area (Å²) in [5.41, 5.74) is 1.90. The van der Waals surface area contributed by atoms with Crippen molar-refractivity contribution >= 4 is 46.4 Å². The van der Waals surface area contributed by atoms with Crippen LogP contribution in [0, 0.1) is 0 Å². The zero-order chi connectivity index (χ0) is 9.72. The van der Waals surface area contributed by atoms with E-state index in [0.717, 1.165) is 24.0 Å². The molecule has 0 saturated heterocycles. The molecule has 0 nitrogen and oxygen atoms in total. The minimum atomic E-state index is 0.327. The van der Waals surface area contributed by atoms with Crippen LogP contribution in [-0.2, 0) is 0 Å². The van der Waals surface area contributed by atoms with Gasteiger partial charge in [-0.1, -0.05) is 46.4 Å². The molecule has 0 aliphatic heterocycles. The smallest absolute Gasteiger partial charge is 0.0710 e. The average Bonchev–Trinajstić information content (AvgIpc) is 1.98. The van der Waals surface area contributed by atoms with Gasteiger partial charge in [-0.2, -0.15) is 0 Å². The van der Waals surface area contributed by atoms with E-state index in [1.165, 1.54) is 0 Å². The Hall–Kier alpha value is 0.640. The normalized spacial score (nSPS) is 9.50. The molecule has 0 aromatic rings. The molecule has 0 amide bonds. The van der Waals surface area contributed by atoms with Gasteiger partial charge in [0.15, 0.2) is 0 Å². The van der Waals surface area contributed by atoms with Gasteiger partial charge in [-0.25, -0.2) is 0 Å². The van der Waals surface area contributed by atoms with Gasteiger partial charge in [-0.15, -0.1) is 0 Å². The third-order valence-electron chi connectivity index (χ3n) is 1.52. The molecular weight excluding hydrogens is 238 g/mol. The van der Waals surface area contributed by atoms with E-state index < -0.39 is 0 Å². The molecule has 70 valence electrons. The monoisotopic (exact) mass is 246 g/mol. The van der Waals surface area contributed by atoms with E-state index in [1.54, 1.807) is 0 Å². The Morgan fingerprint density at radius 1 is 0.750 bits per heavy atom. The zero-order valence-corrected chi connectivity index (χ0v) is 9.95. The largest absolute Gasteiger partial charge is 0.105 e. The fourth-order valence-corrected chi connectivity index (χ4v) is 0.942. The highest BCUT2D eigenvalue weighted by Crippen LogP contribution is 2.23. The lowest BCUT2D eigenvalue weighted by Crippen LogP contribution is -1.82. The van der Waals surface area contributed by atoms with Gasteiger partial charge in [0.05, 0.1) is 0 Å². The molecule has 0 N–H and O–H groups in total. The van der Waals surface area contributed by atoms with Crippen LogP contribution >= 0.6 is 46.4 Å². The van der Waals surface area contributed by atoms with Crippen molar-refractivity contribution in [2.45, 2.75) is 26.7 Å². The quantitative estimate of drug-likeness (QED) is 0.644. The van der Waals surface area contributed by atoms with Crippen molar-refractivity contribution in [3.05, 3.63) is 20.1 Å². The van der Waals surface area contributed by atoms with Gasteiger partial charge in [-0.05, 0) is 37.8 Å². The fourth-order valence-electron chi connectivity index (χ4n) is 0.564. The molecule has 0 heterocycles. The maximum absolute atomic E-state index is 5.55. The predicted octanol–water partition coefficient (Wildman–Crippen LogP) is 5.18. The van der Waals surface area contributed by atoms with E-state index in [9.17, 15) is 0 Å². The van der Waals surface area contributed by atoms with Crippen LogP contribution in [0.5, 0.6) is 0 Å². The topological polar surface area (TPSA) is 0 Å². The Morgan fingerprint density at radius 2 is 1.00 bits per heavy atom. The Balaban J connectivity index is 4.03. The summed E-state index contributed by atoms with van der Waals surface area (Å²) in [5, 5.41) is 0. The first-order valence-electron chi connectivity index (χ1n) is 3.46. The lowest BCUT2D eigenvalue weighted by atomic mass is 10.1. The minimum absolute atomic E-state index is 0.327. The van der Waals surface area contributed by atoms with E-state index in [2.05, 4.69) is 0 Å². The Kier molecular flexibility index (Phi) is 6.48. The van der Waals surface area contributed by atoms with E-state index in [-0.39, 0.29) is 0 Å². The Bertz CT molecular complexity index is 183. The molecule has 0 aromatic carbocycles. The summed E-state index contributed by atoms with van der Waals surface area (Å²) >= 11 is 22.2. The van der Waals surface area contributed by atoms with Crippen molar-refractivity contribution in [2.24, 2.45) is 0 Å². The molecule has 0 unspecified atom stereocenters. The van der Waals surface area contributed by atoms with Crippen LogP contribution in [0.2, 0.25) is 0 Å². The molecule has 12 heavy (non-hydrogen) atoms. The molecule has 4 heteroatoms. The first-order chi connectivity index (χ1) is 5.45. The maximum Gasteiger partial charge on any atom is 0.105 e. The second kappa shape index (κ2) is 6.15. The lowest BCUT2D eigenvalue weighted by Gasteiger charge is -2.02. The third-order valence-corrected chi connectivity index (χ3v) is 2.81. The summed E-state index contributed by atoms with van der Waals surface area (Å²) in [4.78, 5) is 0. The second-order valence-corrected chi connectivity index (χ2v) is 4.48. The van der Waals surface area contributed by atoms with Gasteiger partial charge in [-0.3, -0.25) is 0 Å². The summed E-state index contributed by atoms with van der Waals surface area (Å²) < 4.78 is 0.655. The molecule has 0 aliphatic rings. The van der Waals surface area contributed by atoms with Crippen molar-refractivity contribution < 1.29 is 0 Å². The second-order valence-electron chi connectivity index (χ2n) is 2.58.